The highest BCUT2D eigenvalue weighted by atomic mass is 35.5. The quantitative estimate of drug-likeness (QED) is 0.676. The van der Waals surface area contributed by atoms with Crippen molar-refractivity contribution in [1.29, 1.82) is 0 Å². The molecule has 1 N–H and O–H groups in total. The summed E-state index contributed by atoms with van der Waals surface area (Å²) in [6.45, 7) is 3.91. The van der Waals surface area contributed by atoms with Crippen molar-refractivity contribution in [2.45, 2.75) is 6.54 Å². The zero-order chi connectivity index (χ0) is 18.6. The van der Waals surface area contributed by atoms with E-state index in [-0.39, 0.29) is 0 Å². The van der Waals surface area contributed by atoms with Gasteiger partial charge in [-0.3, -0.25) is 0 Å². The minimum atomic E-state index is 0.664. The summed E-state index contributed by atoms with van der Waals surface area (Å²) < 4.78 is 11.0. The maximum absolute atomic E-state index is 6.55. The standard InChI is InChI=1S/C22H23ClN2O2/c1-26-22-9-6-16-4-2-3-5-18(16)19(22)15-24-17-7-8-21(20(23)14-17)25-10-12-27-13-11-25/h2-9,14,24H,10-13,15H2,1H3. The number of fused-ring (bicyclic) bond motifs is 1. The van der Waals surface area contributed by atoms with Crippen LogP contribution in [0.2, 0.25) is 5.02 Å². The van der Waals surface area contributed by atoms with Gasteiger partial charge in [-0.15, -0.1) is 0 Å². The molecule has 4 nitrogen and oxygen atoms in total. The summed E-state index contributed by atoms with van der Waals surface area (Å²) >= 11 is 6.55. The second kappa shape index (κ2) is 8.07. The summed E-state index contributed by atoms with van der Waals surface area (Å²) in [6.07, 6.45) is 0. The lowest BCUT2D eigenvalue weighted by molar-refractivity contribution is 0.122. The van der Waals surface area contributed by atoms with Crippen molar-refractivity contribution in [3.05, 3.63) is 65.2 Å². The third kappa shape index (κ3) is 3.82. The van der Waals surface area contributed by atoms with Crippen LogP contribution in [0, 0.1) is 0 Å². The van der Waals surface area contributed by atoms with E-state index in [2.05, 4.69) is 52.7 Å². The number of nitrogens with zero attached hydrogens (tertiary/aromatic N) is 1. The van der Waals surface area contributed by atoms with Crippen LogP contribution in [0.1, 0.15) is 5.56 Å². The Balaban J connectivity index is 1.55. The first-order valence-electron chi connectivity index (χ1n) is 9.17. The van der Waals surface area contributed by atoms with Gasteiger partial charge < -0.3 is 19.7 Å². The van der Waals surface area contributed by atoms with E-state index in [0.29, 0.717) is 6.54 Å². The molecule has 27 heavy (non-hydrogen) atoms. The fourth-order valence-electron chi connectivity index (χ4n) is 3.56. The average molecular weight is 383 g/mol. The highest BCUT2D eigenvalue weighted by Crippen LogP contribution is 2.32. The molecule has 1 saturated heterocycles. The molecule has 0 unspecified atom stereocenters. The molecule has 1 fully saturated rings. The number of anilines is 2. The minimum Gasteiger partial charge on any atom is -0.496 e. The van der Waals surface area contributed by atoms with E-state index in [0.717, 1.165) is 54.0 Å². The predicted molar refractivity (Wildman–Crippen MR) is 112 cm³/mol. The Bertz CT molecular complexity index is 939. The second-order valence-electron chi connectivity index (χ2n) is 6.59. The number of nitrogens with one attached hydrogen (secondary N) is 1. The lowest BCUT2D eigenvalue weighted by Gasteiger charge is -2.29. The smallest absolute Gasteiger partial charge is 0.124 e. The van der Waals surface area contributed by atoms with E-state index in [1.54, 1.807) is 7.11 Å². The summed E-state index contributed by atoms with van der Waals surface area (Å²) in [6, 6.07) is 18.6. The first-order chi connectivity index (χ1) is 13.3. The molecule has 1 heterocycles. The van der Waals surface area contributed by atoms with Gasteiger partial charge in [-0.05, 0) is 35.0 Å². The second-order valence-corrected chi connectivity index (χ2v) is 6.99. The Hall–Kier alpha value is -2.43. The van der Waals surface area contributed by atoms with E-state index < -0.39 is 0 Å². The van der Waals surface area contributed by atoms with Crippen LogP contribution in [-0.4, -0.2) is 33.4 Å². The molecule has 3 aromatic rings. The van der Waals surface area contributed by atoms with Gasteiger partial charge in [0.1, 0.15) is 5.75 Å². The topological polar surface area (TPSA) is 33.7 Å². The van der Waals surface area contributed by atoms with Gasteiger partial charge in [-0.25, -0.2) is 0 Å². The summed E-state index contributed by atoms with van der Waals surface area (Å²) in [5.41, 5.74) is 3.20. The Morgan fingerprint density at radius 3 is 2.67 bits per heavy atom. The fraction of sp³-hybridized carbons (Fsp3) is 0.273. The number of methoxy groups -OCH3 is 1. The third-order valence-electron chi connectivity index (χ3n) is 4.99. The molecule has 0 aliphatic carbocycles. The Morgan fingerprint density at radius 1 is 1.07 bits per heavy atom. The molecule has 140 valence electrons. The first-order valence-corrected chi connectivity index (χ1v) is 9.55. The molecule has 0 atom stereocenters. The van der Waals surface area contributed by atoms with Crippen LogP contribution >= 0.6 is 11.6 Å². The Kier molecular flexibility index (Phi) is 5.37. The molecule has 0 radical (unpaired) electrons. The SMILES string of the molecule is COc1ccc2ccccc2c1CNc1ccc(N2CCOCC2)c(Cl)c1. The van der Waals surface area contributed by atoms with Crippen LogP contribution in [0.15, 0.2) is 54.6 Å². The summed E-state index contributed by atoms with van der Waals surface area (Å²) in [5, 5.41) is 6.65. The Morgan fingerprint density at radius 2 is 1.89 bits per heavy atom. The number of hydrogen-bond donors (Lipinski definition) is 1. The molecule has 1 aliphatic heterocycles. The van der Waals surface area contributed by atoms with Crippen molar-refractivity contribution in [3.63, 3.8) is 0 Å². The van der Waals surface area contributed by atoms with Gasteiger partial charge in [0.05, 0.1) is 31.0 Å². The zero-order valence-electron chi connectivity index (χ0n) is 15.4. The number of benzene rings is 3. The molecule has 4 rings (SSSR count). The molecule has 5 heteroatoms. The van der Waals surface area contributed by atoms with Gasteiger partial charge in [0.2, 0.25) is 0 Å². The van der Waals surface area contributed by atoms with Crippen LogP contribution < -0.4 is 15.0 Å². The maximum Gasteiger partial charge on any atom is 0.124 e. The van der Waals surface area contributed by atoms with E-state index in [1.807, 2.05) is 12.1 Å². The number of halogens is 1. The molecule has 3 aromatic carbocycles. The van der Waals surface area contributed by atoms with Crippen molar-refractivity contribution < 1.29 is 9.47 Å². The fourth-order valence-corrected chi connectivity index (χ4v) is 3.86. The molecule has 0 spiro atoms. The van der Waals surface area contributed by atoms with E-state index in [9.17, 15) is 0 Å². The van der Waals surface area contributed by atoms with E-state index in [1.165, 1.54) is 10.8 Å². The third-order valence-corrected chi connectivity index (χ3v) is 5.29. The van der Waals surface area contributed by atoms with Crippen molar-refractivity contribution in [3.8, 4) is 5.75 Å². The zero-order valence-corrected chi connectivity index (χ0v) is 16.1. The van der Waals surface area contributed by atoms with E-state index in [4.69, 9.17) is 21.1 Å². The van der Waals surface area contributed by atoms with Crippen molar-refractivity contribution in [2.75, 3.05) is 43.6 Å². The summed E-state index contributed by atoms with van der Waals surface area (Å²) in [4.78, 5) is 2.27. The highest BCUT2D eigenvalue weighted by Gasteiger charge is 2.14. The van der Waals surface area contributed by atoms with Gasteiger partial charge in [-0.1, -0.05) is 41.9 Å². The molecule has 0 saturated carbocycles. The molecule has 0 amide bonds. The van der Waals surface area contributed by atoms with Gasteiger partial charge in [0, 0.05) is 30.9 Å². The largest absolute Gasteiger partial charge is 0.496 e. The van der Waals surface area contributed by atoms with E-state index >= 15 is 0 Å². The van der Waals surface area contributed by atoms with Crippen molar-refractivity contribution in [2.24, 2.45) is 0 Å². The monoisotopic (exact) mass is 382 g/mol. The number of hydrogen-bond acceptors (Lipinski definition) is 4. The molecular formula is C22H23ClN2O2. The number of morpholine rings is 1. The Labute approximate surface area is 164 Å². The normalized spacial score (nSPS) is 14.4. The molecular weight excluding hydrogens is 360 g/mol. The van der Waals surface area contributed by atoms with Crippen LogP contribution in [0.5, 0.6) is 5.75 Å². The van der Waals surface area contributed by atoms with Crippen LogP contribution in [-0.2, 0) is 11.3 Å². The average Bonchev–Trinajstić information content (AvgIpc) is 2.72. The number of ether oxygens (including phenoxy) is 2. The lowest BCUT2D eigenvalue weighted by atomic mass is 10.0. The van der Waals surface area contributed by atoms with Crippen LogP contribution in [0.3, 0.4) is 0 Å². The molecule has 1 aliphatic rings. The predicted octanol–water partition coefficient (Wildman–Crippen LogP) is 4.95. The summed E-state index contributed by atoms with van der Waals surface area (Å²) in [7, 11) is 1.71. The lowest BCUT2D eigenvalue weighted by Crippen LogP contribution is -2.36. The number of rotatable bonds is 5. The summed E-state index contributed by atoms with van der Waals surface area (Å²) in [5.74, 6) is 0.886. The van der Waals surface area contributed by atoms with Crippen LogP contribution in [0.4, 0.5) is 11.4 Å². The maximum atomic E-state index is 6.55. The molecule has 0 bridgehead atoms. The van der Waals surface area contributed by atoms with Gasteiger partial charge in [0.25, 0.3) is 0 Å². The van der Waals surface area contributed by atoms with Gasteiger partial charge in [0.15, 0.2) is 0 Å². The first kappa shape index (κ1) is 18.0. The van der Waals surface area contributed by atoms with Crippen molar-refractivity contribution in [1.82, 2.24) is 0 Å². The van der Waals surface area contributed by atoms with Gasteiger partial charge in [-0.2, -0.15) is 0 Å². The van der Waals surface area contributed by atoms with Crippen molar-refractivity contribution >= 4 is 33.7 Å². The highest BCUT2D eigenvalue weighted by molar-refractivity contribution is 6.33. The minimum absolute atomic E-state index is 0.664. The van der Waals surface area contributed by atoms with Crippen LogP contribution in [0.25, 0.3) is 10.8 Å². The van der Waals surface area contributed by atoms with Gasteiger partial charge >= 0.3 is 0 Å². The molecule has 0 aromatic heterocycles.